The Kier molecular flexibility index (Phi) is 4.07. The summed E-state index contributed by atoms with van der Waals surface area (Å²) in [6.07, 6.45) is 0.941. The molecule has 0 amide bonds. The molecule has 3 heteroatoms. The summed E-state index contributed by atoms with van der Waals surface area (Å²) in [5.41, 5.74) is 0.0579. The van der Waals surface area contributed by atoms with Gasteiger partial charge in [-0.25, -0.2) is 0 Å². The Bertz CT molecular complexity index is 390. The molecule has 1 rings (SSSR count). The van der Waals surface area contributed by atoms with Crippen molar-refractivity contribution in [3.8, 4) is 6.07 Å². The number of ether oxygens (including phenoxy) is 1. The fraction of sp³-hybridized carbons (Fsp3) is 0.385. The third kappa shape index (κ3) is 4.14. The van der Waals surface area contributed by atoms with Gasteiger partial charge in [0.15, 0.2) is 5.60 Å². The van der Waals surface area contributed by atoms with Crippen LogP contribution >= 0.6 is 0 Å². The number of benzene rings is 1. The second-order valence-corrected chi connectivity index (χ2v) is 4.08. The number of nitriles is 1. The Hall–Kier alpha value is -1.82. The molecule has 0 spiro atoms. The van der Waals surface area contributed by atoms with Crippen LogP contribution in [0.1, 0.15) is 25.8 Å². The third-order valence-electron chi connectivity index (χ3n) is 2.10. The predicted molar refractivity (Wildman–Crippen MR) is 60.5 cm³/mol. The van der Waals surface area contributed by atoms with E-state index in [-0.39, 0.29) is 5.97 Å². The summed E-state index contributed by atoms with van der Waals surface area (Å²) in [6, 6.07) is 11.6. The Labute approximate surface area is 95.7 Å². The summed E-state index contributed by atoms with van der Waals surface area (Å²) in [5.74, 6) is -0.338. The monoisotopic (exact) mass is 217 g/mol. The molecule has 3 nitrogen and oxygen atoms in total. The highest BCUT2D eigenvalue weighted by atomic mass is 16.6. The van der Waals surface area contributed by atoms with Gasteiger partial charge >= 0.3 is 5.97 Å². The predicted octanol–water partition coefficient (Wildman–Crippen LogP) is 2.46. The molecule has 0 heterocycles. The number of carbonyl (C=O) groups excluding carboxylic acids is 1. The average Bonchev–Trinajstić information content (AvgIpc) is 2.27. The fourth-order valence-corrected chi connectivity index (χ4v) is 1.25. The first-order valence-electron chi connectivity index (χ1n) is 5.20. The van der Waals surface area contributed by atoms with Crippen LogP contribution in [0.3, 0.4) is 0 Å². The van der Waals surface area contributed by atoms with E-state index in [0.717, 1.165) is 5.56 Å². The van der Waals surface area contributed by atoms with Gasteiger partial charge in [-0.2, -0.15) is 5.26 Å². The highest BCUT2D eigenvalue weighted by Gasteiger charge is 2.21. The minimum atomic E-state index is -1.03. The van der Waals surface area contributed by atoms with E-state index in [4.69, 9.17) is 10.00 Å². The molecular weight excluding hydrogens is 202 g/mol. The van der Waals surface area contributed by atoms with Crippen molar-refractivity contribution in [2.75, 3.05) is 0 Å². The first kappa shape index (κ1) is 12.3. The molecule has 0 atom stereocenters. The maximum atomic E-state index is 11.4. The van der Waals surface area contributed by atoms with Crippen LogP contribution in [-0.4, -0.2) is 11.6 Å². The molecule has 0 aromatic heterocycles. The summed E-state index contributed by atoms with van der Waals surface area (Å²) < 4.78 is 5.01. The summed E-state index contributed by atoms with van der Waals surface area (Å²) in [4.78, 5) is 11.4. The van der Waals surface area contributed by atoms with Crippen molar-refractivity contribution in [1.29, 1.82) is 5.26 Å². The van der Waals surface area contributed by atoms with Gasteiger partial charge in [0.1, 0.15) is 6.07 Å². The number of hydrogen-bond acceptors (Lipinski definition) is 3. The second kappa shape index (κ2) is 5.32. The van der Waals surface area contributed by atoms with E-state index in [1.165, 1.54) is 0 Å². The number of esters is 1. The topological polar surface area (TPSA) is 50.1 Å². The summed E-state index contributed by atoms with van der Waals surface area (Å²) in [5, 5.41) is 8.70. The standard InChI is InChI=1S/C13H15NO2/c1-13(2,10-14)16-12(15)9-8-11-6-4-3-5-7-11/h3-7H,8-9H2,1-2H3. The van der Waals surface area contributed by atoms with Crippen LogP contribution in [0.4, 0.5) is 0 Å². The minimum Gasteiger partial charge on any atom is -0.444 e. The molecule has 1 aromatic carbocycles. The number of nitrogens with zero attached hydrogens (tertiary/aromatic N) is 1. The lowest BCUT2D eigenvalue weighted by atomic mass is 10.1. The van der Waals surface area contributed by atoms with Crippen LogP contribution in [0, 0.1) is 11.3 Å². The normalized spacial score (nSPS) is 10.6. The van der Waals surface area contributed by atoms with Crippen molar-refractivity contribution in [3.05, 3.63) is 35.9 Å². The molecule has 0 aliphatic carbocycles. The zero-order valence-electron chi connectivity index (χ0n) is 9.56. The van der Waals surface area contributed by atoms with Crippen molar-refractivity contribution in [2.24, 2.45) is 0 Å². The second-order valence-electron chi connectivity index (χ2n) is 4.08. The number of hydrogen-bond donors (Lipinski definition) is 0. The summed E-state index contributed by atoms with van der Waals surface area (Å²) in [7, 11) is 0. The van der Waals surface area contributed by atoms with Crippen LogP contribution in [0.25, 0.3) is 0 Å². The highest BCUT2D eigenvalue weighted by Crippen LogP contribution is 2.10. The first-order chi connectivity index (χ1) is 7.53. The van der Waals surface area contributed by atoms with Gasteiger partial charge in [0.05, 0.1) is 0 Å². The molecule has 0 N–H and O–H groups in total. The van der Waals surface area contributed by atoms with Crippen LogP contribution < -0.4 is 0 Å². The SMILES string of the molecule is CC(C)(C#N)OC(=O)CCc1ccccc1. The van der Waals surface area contributed by atoms with Gasteiger partial charge in [0.25, 0.3) is 0 Å². The minimum absolute atomic E-state index is 0.301. The van der Waals surface area contributed by atoms with Crippen molar-refractivity contribution < 1.29 is 9.53 Å². The molecule has 0 saturated heterocycles. The van der Waals surface area contributed by atoms with Gasteiger partial charge in [0.2, 0.25) is 0 Å². The van der Waals surface area contributed by atoms with E-state index < -0.39 is 5.60 Å². The molecule has 0 radical (unpaired) electrons. The molecule has 0 fully saturated rings. The van der Waals surface area contributed by atoms with E-state index in [2.05, 4.69) is 0 Å². The van der Waals surface area contributed by atoms with E-state index >= 15 is 0 Å². The summed E-state index contributed by atoms with van der Waals surface area (Å²) >= 11 is 0. The average molecular weight is 217 g/mol. The largest absolute Gasteiger partial charge is 0.444 e. The van der Waals surface area contributed by atoms with Crippen LogP contribution in [-0.2, 0) is 16.0 Å². The summed E-state index contributed by atoms with van der Waals surface area (Å²) in [6.45, 7) is 3.15. The molecule has 16 heavy (non-hydrogen) atoms. The van der Waals surface area contributed by atoms with Gasteiger partial charge in [-0.15, -0.1) is 0 Å². The third-order valence-corrected chi connectivity index (χ3v) is 2.10. The van der Waals surface area contributed by atoms with Gasteiger partial charge in [-0.05, 0) is 25.8 Å². The number of carbonyl (C=O) groups is 1. The Morgan fingerprint density at radius 2 is 2.00 bits per heavy atom. The van der Waals surface area contributed by atoms with Gasteiger partial charge < -0.3 is 4.74 Å². The zero-order valence-corrected chi connectivity index (χ0v) is 9.56. The highest BCUT2D eigenvalue weighted by molar-refractivity contribution is 5.70. The number of aryl methyl sites for hydroxylation is 1. The molecular formula is C13H15NO2. The van der Waals surface area contributed by atoms with Crippen molar-refractivity contribution >= 4 is 5.97 Å². The smallest absolute Gasteiger partial charge is 0.307 e. The van der Waals surface area contributed by atoms with Crippen LogP contribution in [0.5, 0.6) is 0 Å². The lowest BCUT2D eigenvalue weighted by molar-refractivity contribution is -0.151. The molecule has 0 unspecified atom stereocenters. The maximum Gasteiger partial charge on any atom is 0.307 e. The quantitative estimate of drug-likeness (QED) is 0.728. The Morgan fingerprint density at radius 3 is 2.56 bits per heavy atom. The molecule has 84 valence electrons. The molecule has 0 saturated carbocycles. The Balaban J connectivity index is 2.40. The van der Waals surface area contributed by atoms with E-state index in [0.29, 0.717) is 12.8 Å². The van der Waals surface area contributed by atoms with Crippen molar-refractivity contribution in [1.82, 2.24) is 0 Å². The Morgan fingerprint density at radius 1 is 1.38 bits per heavy atom. The van der Waals surface area contributed by atoms with E-state index in [1.54, 1.807) is 13.8 Å². The molecule has 0 aliphatic heterocycles. The van der Waals surface area contributed by atoms with E-state index in [1.807, 2.05) is 36.4 Å². The van der Waals surface area contributed by atoms with Gasteiger partial charge in [-0.1, -0.05) is 30.3 Å². The van der Waals surface area contributed by atoms with Crippen LogP contribution in [0.15, 0.2) is 30.3 Å². The van der Waals surface area contributed by atoms with Crippen LogP contribution in [0.2, 0.25) is 0 Å². The maximum absolute atomic E-state index is 11.4. The lowest BCUT2D eigenvalue weighted by Gasteiger charge is -2.16. The fourth-order valence-electron chi connectivity index (χ4n) is 1.25. The van der Waals surface area contributed by atoms with E-state index in [9.17, 15) is 4.79 Å². The van der Waals surface area contributed by atoms with Gasteiger partial charge in [0, 0.05) is 6.42 Å². The lowest BCUT2D eigenvalue weighted by Crippen LogP contribution is -2.26. The van der Waals surface area contributed by atoms with Crippen molar-refractivity contribution in [2.45, 2.75) is 32.3 Å². The molecule has 0 aliphatic rings. The first-order valence-corrected chi connectivity index (χ1v) is 5.20. The van der Waals surface area contributed by atoms with Crippen molar-refractivity contribution in [3.63, 3.8) is 0 Å². The number of rotatable bonds is 4. The van der Waals surface area contributed by atoms with Gasteiger partial charge in [-0.3, -0.25) is 4.79 Å². The molecule has 0 bridgehead atoms. The molecule has 1 aromatic rings. The zero-order chi connectivity index (χ0) is 12.0.